The van der Waals surface area contributed by atoms with Gasteiger partial charge in [-0.25, -0.2) is 4.79 Å². The zero-order chi connectivity index (χ0) is 8.01. The van der Waals surface area contributed by atoms with E-state index in [1.54, 1.807) is 0 Å². The van der Waals surface area contributed by atoms with E-state index in [4.69, 9.17) is 10.5 Å². The molecule has 11 heavy (non-hydrogen) atoms. The van der Waals surface area contributed by atoms with Crippen LogP contribution in [0.3, 0.4) is 0 Å². The van der Waals surface area contributed by atoms with Crippen molar-refractivity contribution in [3.05, 3.63) is 0 Å². The molecule has 2 aliphatic carbocycles. The standard InChI is InChI=1S/C8H13NO2/c1-4-6-2-5(3-7(4)6)11-8(9)10/h4-7H,2-3H2,1H3,(H2,9,10)/t4?,5?,6-,7+. The number of rotatable bonds is 1. The Kier molecular flexibility index (Phi) is 1.34. The monoisotopic (exact) mass is 155 g/mol. The molecule has 0 aromatic heterocycles. The van der Waals surface area contributed by atoms with Crippen molar-refractivity contribution in [2.24, 2.45) is 23.5 Å². The van der Waals surface area contributed by atoms with Crippen molar-refractivity contribution >= 4 is 6.09 Å². The second-order valence-corrected chi connectivity index (χ2v) is 3.72. The van der Waals surface area contributed by atoms with E-state index in [-0.39, 0.29) is 6.10 Å². The molecule has 0 spiro atoms. The smallest absolute Gasteiger partial charge is 0.404 e. The van der Waals surface area contributed by atoms with Crippen molar-refractivity contribution in [1.82, 2.24) is 0 Å². The van der Waals surface area contributed by atoms with Crippen molar-refractivity contribution in [2.75, 3.05) is 0 Å². The first-order chi connectivity index (χ1) is 5.18. The van der Waals surface area contributed by atoms with E-state index < -0.39 is 6.09 Å². The number of nitrogens with two attached hydrogens (primary N) is 1. The molecule has 0 saturated heterocycles. The molecule has 0 aliphatic heterocycles. The van der Waals surface area contributed by atoms with Crippen LogP contribution in [0.25, 0.3) is 0 Å². The Morgan fingerprint density at radius 1 is 1.45 bits per heavy atom. The normalized spacial score (nSPS) is 46.6. The molecule has 0 aromatic rings. The number of amides is 1. The largest absolute Gasteiger partial charge is 0.446 e. The summed E-state index contributed by atoms with van der Waals surface area (Å²) in [7, 11) is 0. The van der Waals surface area contributed by atoms with Crippen LogP contribution in [-0.4, -0.2) is 12.2 Å². The lowest BCUT2D eigenvalue weighted by atomic mass is 10.1. The lowest BCUT2D eigenvalue weighted by Crippen LogP contribution is -2.21. The molecule has 0 heterocycles. The fraction of sp³-hybridized carbons (Fsp3) is 0.875. The summed E-state index contributed by atoms with van der Waals surface area (Å²) in [6.45, 7) is 2.26. The van der Waals surface area contributed by atoms with Gasteiger partial charge in [0, 0.05) is 0 Å². The van der Waals surface area contributed by atoms with Crippen LogP contribution < -0.4 is 5.73 Å². The van der Waals surface area contributed by atoms with E-state index in [0.717, 1.165) is 30.6 Å². The van der Waals surface area contributed by atoms with Crippen molar-refractivity contribution in [3.63, 3.8) is 0 Å². The molecular weight excluding hydrogens is 142 g/mol. The van der Waals surface area contributed by atoms with Gasteiger partial charge in [-0.15, -0.1) is 0 Å². The fourth-order valence-corrected chi connectivity index (χ4v) is 2.38. The highest BCUT2D eigenvalue weighted by atomic mass is 16.6. The second-order valence-electron chi connectivity index (χ2n) is 3.72. The number of hydrogen-bond acceptors (Lipinski definition) is 2. The molecule has 2 aliphatic rings. The van der Waals surface area contributed by atoms with Crippen LogP contribution >= 0.6 is 0 Å². The maximum atomic E-state index is 10.4. The van der Waals surface area contributed by atoms with Gasteiger partial charge in [-0.3, -0.25) is 0 Å². The molecular formula is C8H13NO2. The number of hydrogen-bond donors (Lipinski definition) is 1. The molecule has 3 heteroatoms. The van der Waals surface area contributed by atoms with Gasteiger partial charge < -0.3 is 10.5 Å². The van der Waals surface area contributed by atoms with Crippen LogP contribution in [0.5, 0.6) is 0 Å². The second kappa shape index (κ2) is 2.13. The summed E-state index contributed by atoms with van der Waals surface area (Å²) in [5, 5.41) is 0. The van der Waals surface area contributed by atoms with Crippen molar-refractivity contribution in [2.45, 2.75) is 25.9 Å². The Morgan fingerprint density at radius 3 is 2.45 bits per heavy atom. The number of fused-ring (bicyclic) bond motifs is 1. The summed E-state index contributed by atoms with van der Waals surface area (Å²) in [5.74, 6) is 2.50. The predicted molar refractivity (Wildman–Crippen MR) is 39.8 cm³/mol. The molecule has 2 unspecified atom stereocenters. The van der Waals surface area contributed by atoms with Crippen LogP contribution in [0.4, 0.5) is 4.79 Å². The molecule has 2 N–H and O–H groups in total. The molecule has 2 fully saturated rings. The van der Waals surface area contributed by atoms with Gasteiger partial charge in [0.2, 0.25) is 0 Å². The molecule has 4 atom stereocenters. The maximum Gasteiger partial charge on any atom is 0.404 e. The van der Waals surface area contributed by atoms with Gasteiger partial charge in [-0.05, 0) is 30.6 Å². The van der Waals surface area contributed by atoms with Crippen LogP contribution in [0.15, 0.2) is 0 Å². The van der Waals surface area contributed by atoms with E-state index in [2.05, 4.69) is 6.92 Å². The fourth-order valence-electron chi connectivity index (χ4n) is 2.38. The predicted octanol–water partition coefficient (Wildman–Crippen LogP) is 1.13. The van der Waals surface area contributed by atoms with Crippen molar-refractivity contribution in [1.29, 1.82) is 0 Å². The molecule has 0 radical (unpaired) electrons. The minimum atomic E-state index is -0.621. The third-order valence-electron chi connectivity index (χ3n) is 3.11. The Labute approximate surface area is 65.9 Å². The van der Waals surface area contributed by atoms with Gasteiger partial charge in [-0.2, -0.15) is 0 Å². The van der Waals surface area contributed by atoms with Crippen molar-refractivity contribution in [3.8, 4) is 0 Å². The minimum Gasteiger partial charge on any atom is -0.446 e. The number of ether oxygens (including phenoxy) is 1. The van der Waals surface area contributed by atoms with Crippen molar-refractivity contribution < 1.29 is 9.53 Å². The number of primary amides is 1. The number of carbonyl (C=O) groups excluding carboxylic acids is 1. The molecule has 62 valence electrons. The van der Waals surface area contributed by atoms with Gasteiger partial charge in [-0.1, -0.05) is 6.92 Å². The zero-order valence-corrected chi connectivity index (χ0v) is 6.62. The quantitative estimate of drug-likeness (QED) is 0.617. The Morgan fingerprint density at radius 2 is 2.00 bits per heavy atom. The number of carbonyl (C=O) groups is 1. The minimum absolute atomic E-state index is 0.124. The zero-order valence-electron chi connectivity index (χ0n) is 6.62. The van der Waals surface area contributed by atoms with E-state index in [1.165, 1.54) is 0 Å². The Hall–Kier alpha value is -0.730. The summed E-state index contributed by atoms with van der Waals surface area (Å²) < 4.78 is 4.90. The van der Waals surface area contributed by atoms with Crippen LogP contribution in [0.2, 0.25) is 0 Å². The first-order valence-corrected chi connectivity index (χ1v) is 4.14. The molecule has 2 saturated carbocycles. The SMILES string of the molecule is CC1[C@H]2CC(OC(N)=O)C[C@@H]12. The third-order valence-corrected chi connectivity index (χ3v) is 3.11. The Bertz CT molecular complexity index is 181. The van der Waals surface area contributed by atoms with Gasteiger partial charge >= 0.3 is 6.09 Å². The summed E-state index contributed by atoms with van der Waals surface area (Å²) in [5.41, 5.74) is 4.91. The van der Waals surface area contributed by atoms with Gasteiger partial charge in [0.25, 0.3) is 0 Å². The molecule has 1 amide bonds. The molecule has 0 bridgehead atoms. The highest BCUT2D eigenvalue weighted by Crippen LogP contribution is 2.57. The van der Waals surface area contributed by atoms with Crippen LogP contribution in [0.1, 0.15) is 19.8 Å². The van der Waals surface area contributed by atoms with Crippen LogP contribution in [-0.2, 0) is 4.74 Å². The van der Waals surface area contributed by atoms with Crippen LogP contribution in [0, 0.1) is 17.8 Å². The topological polar surface area (TPSA) is 52.3 Å². The summed E-state index contributed by atoms with van der Waals surface area (Å²) >= 11 is 0. The average molecular weight is 155 g/mol. The van der Waals surface area contributed by atoms with E-state index in [9.17, 15) is 4.79 Å². The summed E-state index contributed by atoms with van der Waals surface area (Å²) in [6.07, 6.45) is 1.58. The van der Waals surface area contributed by atoms with Gasteiger partial charge in [0.1, 0.15) is 6.10 Å². The van der Waals surface area contributed by atoms with E-state index >= 15 is 0 Å². The van der Waals surface area contributed by atoms with Gasteiger partial charge in [0.05, 0.1) is 0 Å². The average Bonchev–Trinajstić information content (AvgIpc) is 2.44. The highest BCUT2D eigenvalue weighted by Gasteiger charge is 2.54. The van der Waals surface area contributed by atoms with Gasteiger partial charge in [0.15, 0.2) is 0 Å². The summed E-state index contributed by atoms with van der Waals surface area (Å²) in [4.78, 5) is 10.4. The lowest BCUT2D eigenvalue weighted by molar-refractivity contribution is 0.100. The molecule has 0 aromatic carbocycles. The molecule has 2 rings (SSSR count). The Balaban J connectivity index is 1.81. The van der Waals surface area contributed by atoms with E-state index in [0.29, 0.717) is 0 Å². The third kappa shape index (κ3) is 1.08. The molecule has 3 nitrogen and oxygen atoms in total. The van der Waals surface area contributed by atoms with E-state index in [1.807, 2.05) is 0 Å². The maximum absolute atomic E-state index is 10.4. The first-order valence-electron chi connectivity index (χ1n) is 4.14. The highest BCUT2D eigenvalue weighted by molar-refractivity contribution is 5.64. The summed E-state index contributed by atoms with van der Waals surface area (Å²) in [6, 6.07) is 0. The first kappa shape index (κ1) is 6.95. The lowest BCUT2D eigenvalue weighted by Gasteiger charge is -2.11.